The molecule has 0 unspecified atom stereocenters. The second-order valence-corrected chi connectivity index (χ2v) is 9.41. The Hall–Kier alpha value is -3.52. The molecule has 0 radical (unpaired) electrons. The number of halogens is 2. The van der Waals surface area contributed by atoms with Crippen LogP contribution < -0.4 is 10.2 Å². The molecule has 5 rings (SSSR count). The Morgan fingerprint density at radius 1 is 1.03 bits per heavy atom. The topological polar surface area (TPSA) is 77.6 Å². The van der Waals surface area contributed by atoms with Crippen molar-refractivity contribution in [2.75, 3.05) is 16.0 Å². The number of anilines is 2. The van der Waals surface area contributed by atoms with Crippen molar-refractivity contribution in [3.8, 4) is 0 Å². The van der Waals surface area contributed by atoms with E-state index in [4.69, 9.17) is 23.2 Å². The van der Waals surface area contributed by atoms with Crippen molar-refractivity contribution in [1.29, 1.82) is 0 Å². The molecular formula is C26H18Cl2N4O2S. The molecule has 174 valence electrons. The van der Waals surface area contributed by atoms with Crippen LogP contribution >= 0.6 is 35.0 Å². The van der Waals surface area contributed by atoms with Crippen molar-refractivity contribution >= 4 is 80.3 Å². The number of para-hydroxylation sites is 1. The summed E-state index contributed by atoms with van der Waals surface area (Å²) >= 11 is 13.8. The maximum atomic E-state index is 13.3. The SMILES string of the molecule is O=C(CSC1=N/C(=C\c2c(Cl)cccc2Cl)C(=O)N1c1ccccc1)Nc1ccc2cc[nH]c2c1. The molecule has 0 saturated carbocycles. The lowest BCUT2D eigenvalue weighted by atomic mass is 10.2. The van der Waals surface area contributed by atoms with Gasteiger partial charge in [-0.05, 0) is 53.9 Å². The molecule has 0 bridgehead atoms. The highest BCUT2D eigenvalue weighted by Gasteiger charge is 2.32. The van der Waals surface area contributed by atoms with Crippen LogP contribution in [-0.4, -0.2) is 27.7 Å². The minimum absolute atomic E-state index is 0.0678. The van der Waals surface area contributed by atoms with Gasteiger partial charge in [0.25, 0.3) is 5.91 Å². The average Bonchev–Trinajstić information content (AvgIpc) is 3.44. The van der Waals surface area contributed by atoms with Crippen molar-refractivity contribution in [2.24, 2.45) is 4.99 Å². The number of amides is 2. The quantitative estimate of drug-likeness (QED) is 0.291. The van der Waals surface area contributed by atoms with Crippen LogP contribution in [0.3, 0.4) is 0 Å². The Kier molecular flexibility index (Phi) is 6.63. The molecule has 2 N–H and O–H groups in total. The van der Waals surface area contributed by atoms with E-state index in [-0.39, 0.29) is 23.3 Å². The number of rotatable bonds is 5. The third-order valence-electron chi connectivity index (χ3n) is 5.30. The number of hydrogen-bond acceptors (Lipinski definition) is 4. The molecule has 1 aliphatic rings. The van der Waals surface area contributed by atoms with Crippen LogP contribution in [0.5, 0.6) is 0 Å². The number of thioether (sulfide) groups is 1. The van der Waals surface area contributed by atoms with Crippen LogP contribution in [0.2, 0.25) is 10.0 Å². The number of amidine groups is 1. The fraction of sp³-hybridized carbons (Fsp3) is 0.0385. The third kappa shape index (κ3) is 4.98. The van der Waals surface area contributed by atoms with Crippen LogP contribution in [0.25, 0.3) is 17.0 Å². The second-order valence-electron chi connectivity index (χ2n) is 7.65. The highest BCUT2D eigenvalue weighted by molar-refractivity contribution is 8.14. The maximum absolute atomic E-state index is 13.3. The summed E-state index contributed by atoms with van der Waals surface area (Å²) in [6.45, 7) is 0. The van der Waals surface area contributed by atoms with E-state index in [2.05, 4.69) is 15.3 Å². The van der Waals surface area contributed by atoms with E-state index in [1.165, 1.54) is 16.7 Å². The summed E-state index contributed by atoms with van der Waals surface area (Å²) in [4.78, 5) is 35.1. The molecule has 35 heavy (non-hydrogen) atoms. The van der Waals surface area contributed by atoms with E-state index >= 15 is 0 Å². The van der Waals surface area contributed by atoms with Gasteiger partial charge in [-0.2, -0.15) is 0 Å². The first-order valence-electron chi connectivity index (χ1n) is 10.6. The molecule has 0 fully saturated rings. The van der Waals surface area contributed by atoms with Gasteiger partial charge < -0.3 is 10.3 Å². The number of aromatic amines is 1. The minimum Gasteiger partial charge on any atom is -0.361 e. The van der Waals surface area contributed by atoms with Crippen molar-refractivity contribution < 1.29 is 9.59 Å². The Morgan fingerprint density at radius 2 is 1.80 bits per heavy atom. The monoisotopic (exact) mass is 520 g/mol. The van der Waals surface area contributed by atoms with E-state index in [0.717, 1.165) is 10.9 Å². The van der Waals surface area contributed by atoms with E-state index < -0.39 is 0 Å². The Morgan fingerprint density at radius 3 is 2.57 bits per heavy atom. The molecule has 2 amide bonds. The molecule has 0 spiro atoms. The number of nitrogens with one attached hydrogen (secondary N) is 2. The summed E-state index contributed by atoms with van der Waals surface area (Å²) in [5, 5.41) is 5.18. The zero-order valence-electron chi connectivity index (χ0n) is 18.2. The van der Waals surface area contributed by atoms with Gasteiger partial charge in [-0.1, -0.05) is 65.3 Å². The van der Waals surface area contributed by atoms with Crippen molar-refractivity contribution in [1.82, 2.24) is 4.98 Å². The summed E-state index contributed by atoms with van der Waals surface area (Å²) < 4.78 is 0. The first-order valence-corrected chi connectivity index (χ1v) is 12.4. The number of hydrogen-bond donors (Lipinski definition) is 2. The lowest BCUT2D eigenvalue weighted by molar-refractivity contribution is -0.114. The fourth-order valence-electron chi connectivity index (χ4n) is 3.64. The predicted octanol–water partition coefficient (Wildman–Crippen LogP) is 6.59. The van der Waals surface area contributed by atoms with Crippen LogP contribution in [0.4, 0.5) is 11.4 Å². The van der Waals surface area contributed by atoms with E-state index in [1.54, 1.807) is 24.3 Å². The smallest absolute Gasteiger partial charge is 0.283 e. The lowest BCUT2D eigenvalue weighted by Gasteiger charge is -2.17. The molecule has 9 heteroatoms. The summed E-state index contributed by atoms with van der Waals surface area (Å²) in [5.41, 5.74) is 2.96. The Balaban J connectivity index is 1.39. The summed E-state index contributed by atoms with van der Waals surface area (Å²) in [7, 11) is 0. The van der Waals surface area contributed by atoms with Crippen molar-refractivity contribution in [3.05, 3.63) is 100 Å². The molecule has 1 aromatic heterocycles. The minimum atomic E-state index is -0.327. The first-order chi connectivity index (χ1) is 17.0. The highest BCUT2D eigenvalue weighted by atomic mass is 35.5. The maximum Gasteiger partial charge on any atom is 0.283 e. The number of benzene rings is 3. The van der Waals surface area contributed by atoms with Crippen molar-refractivity contribution in [2.45, 2.75) is 0 Å². The van der Waals surface area contributed by atoms with E-state index in [9.17, 15) is 9.59 Å². The largest absolute Gasteiger partial charge is 0.361 e. The number of nitrogens with zero attached hydrogens (tertiary/aromatic N) is 2. The molecule has 0 aliphatic carbocycles. The molecule has 0 atom stereocenters. The van der Waals surface area contributed by atoms with Crippen LogP contribution in [-0.2, 0) is 9.59 Å². The highest BCUT2D eigenvalue weighted by Crippen LogP contribution is 2.32. The van der Waals surface area contributed by atoms with Gasteiger partial charge in [0.15, 0.2) is 5.17 Å². The van der Waals surface area contributed by atoms with Crippen molar-refractivity contribution in [3.63, 3.8) is 0 Å². The van der Waals surface area contributed by atoms with Gasteiger partial charge in [0, 0.05) is 33.0 Å². The zero-order valence-corrected chi connectivity index (χ0v) is 20.5. The standard InChI is InChI=1S/C26H18Cl2N4O2S/c27-20-7-4-8-21(28)19(20)14-23-25(34)32(18-5-2-1-3-6-18)26(31-23)35-15-24(33)30-17-10-9-16-11-12-29-22(16)13-17/h1-14,29H,15H2,(H,30,33)/b23-14-. The molecule has 0 saturated heterocycles. The van der Waals surface area contributed by atoms with Crippen LogP contribution in [0.1, 0.15) is 5.56 Å². The number of carbonyl (C=O) groups is 2. The normalized spacial score (nSPS) is 14.6. The van der Waals surface area contributed by atoms with Crippen LogP contribution in [0, 0.1) is 0 Å². The van der Waals surface area contributed by atoms with Gasteiger partial charge >= 0.3 is 0 Å². The molecule has 4 aromatic rings. The molecule has 1 aliphatic heterocycles. The van der Waals surface area contributed by atoms with E-state index in [1.807, 2.05) is 60.8 Å². The average molecular weight is 521 g/mol. The van der Waals surface area contributed by atoms with Gasteiger partial charge in [-0.25, -0.2) is 4.99 Å². The summed E-state index contributed by atoms with van der Waals surface area (Å²) in [5.74, 6) is -0.471. The number of aliphatic imine (C=N–C) groups is 1. The number of H-pyrrole nitrogens is 1. The van der Waals surface area contributed by atoms with Gasteiger partial charge in [-0.15, -0.1) is 0 Å². The molecular weight excluding hydrogens is 503 g/mol. The second kappa shape index (κ2) is 10.00. The van der Waals surface area contributed by atoms with Gasteiger partial charge in [-0.3, -0.25) is 14.5 Å². The summed E-state index contributed by atoms with van der Waals surface area (Å²) in [6, 6.07) is 21.9. The van der Waals surface area contributed by atoms with Gasteiger partial charge in [0.2, 0.25) is 5.91 Å². The van der Waals surface area contributed by atoms with Crippen LogP contribution in [0.15, 0.2) is 89.7 Å². The fourth-order valence-corrected chi connectivity index (χ4v) is 4.96. The Labute approximate surface area is 215 Å². The third-order valence-corrected chi connectivity index (χ3v) is 6.89. The van der Waals surface area contributed by atoms with Gasteiger partial charge in [0.05, 0.1) is 11.4 Å². The molecule has 6 nitrogen and oxygen atoms in total. The van der Waals surface area contributed by atoms with Gasteiger partial charge in [0.1, 0.15) is 5.70 Å². The molecule has 2 heterocycles. The number of aromatic nitrogens is 1. The first kappa shape index (κ1) is 23.2. The Bertz CT molecular complexity index is 1480. The number of carbonyl (C=O) groups excluding carboxylic acids is 2. The zero-order chi connectivity index (χ0) is 24.4. The number of fused-ring (bicyclic) bond motifs is 1. The lowest BCUT2D eigenvalue weighted by Crippen LogP contribution is -2.31. The predicted molar refractivity (Wildman–Crippen MR) is 145 cm³/mol. The van der Waals surface area contributed by atoms with E-state index in [0.29, 0.717) is 32.2 Å². The molecule has 3 aromatic carbocycles. The summed E-state index contributed by atoms with van der Waals surface area (Å²) in [6.07, 6.45) is 3.42.